The predicted octanol–water partition coefficient (Wildman–Crippen LogP) is 2.73. The van der Waals surface area contributed by atoms with E-state index < -0.39 is 0 Å². The van der Waals surface area contributed by atoms with Crippen molar-refractivity contribution in [2.24, 2.45) is 5.92 Å². The van der Waals surface area contributed by atoms with Crippen LogP contribution in [0, 0.1) is 25.9 Å². The van der Waals surface area contributed by atoms with E-state index in [9.17, 15) is 0 Å². The maximum Gasteiger partial charge on any atom is 0 e. The number of nitrogens with one attached hydrogen (secondary N) is 1. The van der Waals surface area contributed by atoms with Crippen LogP contribution in [0.3, 0.4) is 0 Å². The minimum atomic E-state index is 0. The fourth-order valence-corrected chi connectivity index (χ4v) is 1.46. The summed E-state index contributed by atoms with van der Waals surface area (Å²) in [5, 5.41) is 3.12. The average molecular weight is 323 g/mol. The number of rotatable bonds is 1. The molecule has 1 aliphatic carbocycles. The quantitative estimate of drug-likeness (QED) is 0.450. The van der Waals surface area contributed by atoms with Crippen molar-refractivity contribution in [3.63, 3.8) is 0 Å². The van der Waals surface area contributed by atoms with Crippen LogP contribution in [0.4, 0.5) is 0 Å². The van der Waals surface area contributed by atoms with E-state index in [0.29, 0.717) is 5.92 Å². The molecule has 0 bridgehead atoms. The van der Waals surface area contributed by atoms with Crippen LogP contribution < -0.4 is 5.32 Å². The Bertz CT molecular complexity index is 461. The molecule has 0 aromatic heterocycles. The molecule has 2 rings (SSSR count). The van der Waals surface area contributed by atoms with Crippen LogP contribution in [-0.4, -0.2) is 0 Å². The Morgan fingerprint density at radius 2 is 1.29 bits per heavy atom. The average Bonchev–Trinajstić information content (AvgIpc) is 2.98. The molecule has 4 nitrogen and oxygen atoms in total. The molecule has 0 radical (unpaired) electrons. The van der Waals surface area contributed by atoms with Crippen molar-refractivity contribution in [2.45, 2.75) is 0 Å². The molecule has 1 N–H and O–H groups in total. The first-order chi connectivity index (χ1) is 9.97. The molecule has 1 heterocycles. The summed E-state index contributed by atoms with van der Waals surface area (Å²) in [4.78, 5) is 0. The molecule has 5 heteroatoms. The molecule has 0 atom stereocenters. The maximum atomic E-state index is 7.50. The predicted molar refractivity (Wildman–Crippen MR) is 72.2 cm³/mol. The molecule has 0 unspecified atom stereocenters. The molecule has 2 aliphatic rings. The van der Waals surface area contributed by atoms with Gasteiger partial charge < -0.3 is 5.32 Å². The number of allylic oxidation sites excluding steroid dienone is 10. The van der Waals surface area contributed by atoms with Crippen LogP contribution >= 0.6 is 0 Å². The Morgan fingerprint density at radius 3 is 1.81 bits per heavy atom. The fraction of sp³-hybridized carbons (Fsp3) is 0.0625. The Kier molecular flexibility index (Phi) is 23.2. The van der Waals surface area contributed by atoms with Gasteiger partial charge in [0.2, 0.25) is 0 Å². The third-order valence-electron chi connectivity index (χ3n) is 2.20. The van der Waals surface area contributed by atoms with E-state index in [0.717, 1.165) is 0 Å². The van der Waals surface area contributed by atoms with Gasteiger partial charge in [0.05, 0.1) is 0 Å². The zero-order valence-corrected chi connectivity index (χ0v) is 12.1. The van der Waals surface area contributed by atoms with Crippen molar-refractivity contribution < 1.29 is 31.0 Å². The Labute approximate surface area is 135 Å². The molecule has 0 amide bonds. The van der Waals surface area contributed by atoms with Crippen molar-refractivity contribution in [3.05, 3.63) is 92.6 Å². The van der Waals surface area contributed by atoms with Gasteiger partial charge in [0.25, 0.3) is 0 Å². The SMILES string of the molecule is C1=CC=CC(C2=CNC=CC=C2)C=C1.[C-]#[O+].[C-]#[O+].[C-]#[O+].[Fe]. The van der Waals surface area contributed by atoms with Gasteiger partial charge in [-0.2, -0.15) is 0 Å². The number of hydrogen-bond acceptors (Lipinski definition) is 1. The second-order valence-electron chi connectivity index (χ2n) is 3.21. The Hall–Kier alpha value is -2.02. The molecule has 1 aliphatic heterocycles. The Balaban J connectivity index is -0.000000414. The maximum absolute atomic E-state index is 7.50. The van der Waals surface area contributed by atoms with Crippen molar-refractivity contribution in [1.82, 2.24) is 5.32 Å². The van der Waals surface area contributed by atoms with Gasteiger partial charge in [0, 0.05) is 35.4 Å². The molecule has 0 saturated heterocycles. The van der Waals surface area contributed by atoms with Crippen LogP contribution in [0.15, 0.2) is 72.7 Å². The topological polar surface area (TPSA) is 71.7 Å². The van der Waals surface area contributed by atoms with Gasteiger partial charge in [-0.3, -0.25) is 0 Å². The van der Waals surface area contributed by atoms with E-state index in [-0.39, 0.29) is 17.1 Å². The van der Waals surface area contributed by atoms with Gasteiger partial charge in [0.15, 0.2) is 0 Å². The second kappa shape index (κ2) is 20.3. The summed E-state index contributed by atoms with van der Waals surface area (Å²) in [6.45, 7) is 13.5. The van der Waals surface area contributed by atoms with Crippen LogP contribution in [0.25, 0.3) is 0 Å². The van der Waals surface area contributed by atoms with Crippen LogP contribution in [0.2, 0.25) is 0 Å². The first-order valence-corrected chi connectivity index (χ1v) is 5.39. The molecule has 0 aromatic rings. The van der Waals surface area contributed by atoms with Crippen molar-refractivity contribution in [3.8, 4) is 0 Å². The van der Waals surface area contributed by atoms with E-state index in [2.05, 4.69) is 55.6 Å². The van der Waals surface area contributed by atoms with Gasteiger partial charge in [-0.1, -0.05) is 48.6 Å². The number of hydrogen-bond donors (Lipinski definition) is 1. The Morgan fingerprint density at radius 1 is 0.762 bits per heavy atom. The summed E-state index contributed by atoms with van der Waals surface area (Å²) >= 11 is 0. The third kappa shape index (κ3) is 11.5. The minimum Gasteiger partial charge on any atom is 0 e. The van der Waals surface area contributed by atoms with Crippen LogP contribution in [0.1, 0.15) is 0 Å². The summed E-state index contributed by atoms with van der Waals surface area (Å²) in [5.41, 5.74) is 1.27. The summed E-state index contributed by atoms with van der Waals surface area (Å²) in [6, 6.07) is 0. The van der Waals surface area contributed by atoms with Crippen LogP contribution in [-0.2, 0) is 31.0 Å². The normalized spacial score (nSPS) is 13.7. The van der Waals surface area contributed by atoms with E-state index in [4.69, 9.17) is 14.0 Å². The first kappa shape index (κ1) is 24.0. The zero-order valence-electron chi connectivity index (χ0n) is 11.0. The van der Waals surface area contributed by atoms with Crippen molar-refractivity contribution in [2.75, 3.05) is 0 Å². The van der Waals surface area contributed by atoms with Gasteiger partial charge >= 0.3 is 33.9 Å². The molecule has 0 aromatic carbocycles. The molecule has 108 valence electrons. The molecule has 0 fully saturated rings. The summed E-state index contributed by atoms with van der Waals surface area (Å²) < 4.78 is 22.5. The van der Waals surface area contributed by atoms with Crippen LogP contribution in [0.5, 0.6) is 0 Å². The van der Waals surface area contributed by atoms with Gasteiger partial charge in [-0.25, -0.2) is 0 Å². The minimum absolute atomic E-state index is 0. The molecular formula is C16H13FeNO3. The van der Waals surface area contributed by atoms with E-state index in [1.807, 2.05) is 36.7 Å². The monoisotopic (exact) mass is 323 g/mol. The molecule has 21 heavy (non-hydrogen) atoms. The van der Waals surface area contributed by atoms with E-state index >= 15 is 0 Å². The molecular weight excluding hydrogens is 310 g/mol. The smallest absolute Gasteiger partial charge is 0 e. The summed E-state index contributed by atoms with van der Waals surface area (Å²) in [5.74, 6) is 0.369. The molecule has 0 spiro atoms. The van der Waals surface area contributed by atoms with Gasteiger partial charge in [-0.05, 0) is 11.6 Å². The first-order valence-electron chi connectivity index (χ1n) is 5.39. The van der Waals surface area contributed by atoms with Gasteiger partial charge in [-0.15, -0.1) is 0 Å². The summed E-state index contributed by atoms with van der Waals surface area (Å²) in [6.07, 6.45) is 22.7. The van der Waals surface area contributed by atoms with E-state index in [1.165, 1.54) is 5.57 Å². The second-order valence-corrected chi connectivity index (χ2v) is 3.21. The standard InChI is InChI=1S/C13H13N.3CO.Fe/c1-2-4-8-12(7-3-1)13-9-5-6-10-14-11-13;3*1-2;/h1-12,14H;;;;. The van der Waals surface area contributed by atoms with E-state index in [1.54, 1.807) is 0 Å². The van der Waals surface area contributed by atoms with Crippen molar-refractivity contribution >= 4 is 0 Å². The van der Waals surface area contributed by atoms with Crippen molar-refractivity contribution in [1.29, 1.82) is 0 Å². The third-order valence-corrected chi connectivity index (χ3v) is 2.20. The largest absolute Gasteiger partial charge is 0 e. The fourth-order valence-electron chi connectivity index (χ4n) is 1.46. The zero-order chi connectivity index (χ0) is 15.6. The van der Waals surface area contributed by atoms with Gasteiger partial charge in [0.1, 0.15) is 0 Å². The summed E-state index contributed by atoms with van der Waals surface area (Å²) in [7, 11) is 0. The molecule has 0 saturated carbocycles.